The summed E-state index contributed by atoms with van der Waals surface area (Å²) in [5.41, 5.74) is 0.908. The first-order valence-corrected chi connectivity index (χ1v) is 5.91. The second-order valence-electron chi connectivity index (χ2n) is 2.78. The van der Waals surface area contributed by atoms with E-state index in [4.69, 9.17) is 4.74 Å². The van der Waals surface area contributed by atoms with Gasteiger partial charge in [-0.05, 0) is 35.2 Å². The zero-order chi connectivity index (χ0) is 9.84. The van der Waals surface area contributed by atoms with Crippen LogP contribution >= 0.6 is 27.3 Å². The molecule has 0 amide bonds. The molecule has 74 valence electrons. The zero-order valence-corrected chi connectivity index (χ0v) is 10.1. The number of hydrogen-bond donors (Lipinski definition) is 1. The van der Waals surface area contributed by atoms with Crippen molar-refractivity contribution in [1.29, 1.82) is 0 Å². The van der Waals surface area contributed by atoms with Crippen LogP contribution in [0, 0.1) is 0 Å². The summed E-state index contributed by atoms with van der Waals surface area (Å²) in [4.78, 5) is 0. The van der Waals surface area contributed by atoms with Gasteiger partial charge in [-0.15, -0.1) is 0 Å². The van der Waals surface area contributed by atoms with E-state index < -0.39 is 6.10 Å². The molecule has 4 heteroatoms. The molecule has 0 aromatic carbocycles. The molecule has 1 aromatic heterocycles. The number of halogens is 1. The van der Waals surface area contributed by atoms with E-state index >= 15 is 0 Å². The Morgan fingerprint density at radius 3 is 2.77 bits per heavy atom. The van der Waals surface area contributed by atoms with Crippen LogP contribution in [0.4, 0.5) is 0 Å². The molecule has 0 spiro atoms. The molecule has 1 aromatic rings. The molecule has 0 fully saturated rings. The summed E-state index contributed by atoms with van der Waals surface area (Å²) in [5, 5.41) is 13.7. The van der Waals surface area contributed by atoms with Crippen LogP contribution in [0.2, 0.25) is 0 Å². The fraction of sp³-hybridized carbons (Fsp3) is 0.556. The van der Waals surface area contributed by atoms with Crippen LogP contribution in [0.25, 0.3) is 0 Å². The van der Waals surface area contributed by atoms with Crippen molar-refractivity contribution in [2.24, 2.45) is 0 Å². The highest BCUT2D eigenvalue weighted by Gasteiger charge is 2.19. The lowest BCUT2D eigenvalue weighted by atomic mass is 10.1. The maximum atomic E-state index is 9.84. The van der Waals surface area contributed by atoms with E-state index in [0.29, 0.717) is 6.61 Å². The zero-order valence-electron chi connectivity index (χ0n) is 7.66. The van der Waals surface area contributed by atoms with E-state index in [1.807, 2.05) is 24.6 Å². The molecule has 0 saturated heterocycles. The summed E-state index contributed by atoms with van der Waals surface area (Å²) >= 11 is 4.95. The van der Waals surface area contributed by atoms with Crippen LogP contribution in [-0.2, 0) is 4.74 Å². The third-order valence-corrected chi connectivity index (χ3v) is 3.59. The van der Waals surface area contributed by atoms with E-state index in [1.54, 1.807) is 11.3 Å². The average molecular weight is 265 g/mol. The minimum Gasteiger partial charge on any atom is -0.386 e. The predicted molar refractivity (Wildman–Crippen MR) is 58.1 cm³/mol. The van der Waals surface area contributed by atoms with Gasteiger partial charge in [0.1, 0.15) is 6.10 Å². The van der Waals surface area contributed by atoms with Gasteiger partial charge in [-0.2, -0.15) is 11.3 Å². The number of hydrogen-bond acceptors (Lipinski definition) is 3. The fourth-order valence-electron chi connectivity index (χ4n) is 1.11. The van der Waals surface area contributed by atoms with Gasteiger partial charge in [0.25, 0.3) is 0 Å². The first kappa shape index (κ1) is 11.2. The van der Waals surface area contributed by atoms with E-state index in [9.17, 15) is 5.11 Å². The second-order valence-corrected chi connectivity index (χ2v) is 4.38. The number of rotatable bonds is 4. The molecule has 1 heterocycles. The Morgan fingerprint density at radius 2 is 2.31 bits per heavy atom. The van der Waals surface area contributed by atoms with Gasteiger partial charge in [-0.25, -0.2) is 0 Å². The highest BCUT2D eigenvalue weighted by molar-refractivity contribution is 9.10. The molecule has 1 rings (SSSR count). The molecule has 2 nitrogen and oxygen atoms in total. The molecule has 0 aliphatic rings. The third-order valence-electron chi connectivity index (χ3n) is 1.84. The molecule has 0 bridgehead atoms. The first-order chi connectivity index (χ1) is 6.16. The topological polar surface area (TPSA) is 29.5 Å². The smallest absolute Gasteiger partial charge is 0.107 e. The van der Waals surface area contributed by atoms with Crippen LogP contribution in [0.15, 0.2) is 15.2 Å². The van der Waals surface area contributed by atoms with Crippen molar-refractivity contribution in [3.05, 3.63) is 20.8 Å². The third kappa shape index (κ3) is 2.77. The van der Waals surface area contributed by atoms with Gasteiger partial charge in [0.05, 0.1) is 6.10 Å². The average Bonchev–Trinajstić information content (AvgIpc) is 2.50. The van der Waals surface area contributed by atoms with Crippen molar-refractivity contribution in [1.82, 2.24) is 0 Å². The van der Waals surface area contributed by atoms with Gasteiger partial charge < -0.3 is 9.84 Å². The summed E-state index contributed by atoms with van der Waals surface area (Å²) in [6.07, 6.45) is -0.698. The maximum Gasteiger partial charge on any atom is 0.107 e. The summed E-state index contributed by atoms with van der Waals surface area (Å²) in [6, 6.07) is 0. The molecule has 2 atom stereocenters. The lowest BCUT2D eigenvalue weighted by molar-refractivity contribution is -0.0228. The van der Waals surface area contributed by atoms with Crippen molar-refractivity contribution >= 4 is 27.3 Å². The highest BCUT2D eigenvalue weighted by Crippen LogP contribution is 2.29. The molecule has 2 unspecified atom stereocenters. The lowest BCUT2D eigenvalue weighted by Gasteiger charge is -2.18. The predicted octanol–water partition coefficient (Wildman–Crippen LogP) is 2.97. The van der Waals surface area contributed by atoms with Crippen LogP contribution in [0.3, 0.4) is 0 Å². The molecule has 0 aliphatic carbocycles. The van der Waals surface area contributed by atoms with Crippen molar-refractivity contribution in [3.8, 4) is 0 Å². The van der Waals surface area contributed by atoms with Crippen molar-refractivity contribution in [2.45, 2.75) is 26.1 Å². The quantitative estimate of drug-likeness (QED) is 0.906. The Balaban J connectivity index is 2.67. The van der Waals surface area contributed by atoms with Crippen molar-refractivity contribution < 1.29 is 9.84 Å². The molecule has 0 aliphatic heterocycles. The summed E-state index contributed by atoms with van der Waals surface area (Å²) in [5.74, 6) is 0. The van der Waals surface area contributed by atoms with E-state index in [2.05, 4.69) is 15.9 Å². The number of aliphatic hydroxyl groups is 1. The van der Waals surface area contributed by atoms with Crippen LogP contribution in [0.5, 0.6) is 0 Å². The van der Waals surface area contributed by atoms with Crippen molar-refractivity contribution in [3.63, 3.8) is 0 Å². The first-order valence-electron chi connectivity index (χ1n) is 4.18. The van der Waals surface area contributed by atoms with Gasteiger partial charge in [-0.1, -0.05) is 0 Å². The number of aliphatic hydroxyl groups excluding tert-OH is 1. The Morgan fingerprint density at radius 1 is 1.62 bits per heavy atom. The van der Waals surface area contributed by atoms with E-state index in [0.717, 1.165) is 10.0 Å². The summed E-state index contributed by atoms with van der Waals surface area (Å²) in [7, 11) is 0. The van der Waals surface area contributed by atoms with Crippen LogP contribution < -0.4 is 0 Å². The summed E-state index contributed by atoms with van der Waals surface area (Å²) in [6.45, 7) is 4.42. The van der Waals surface area contributed by atoms with Gasteiger partial charge in [0.15, 0.2) is 0 Å². The van der Waals surface area contributed by atoms with Gasteiger partial charge in [0, 0.05) is 22.0 Å². The second kappa shape index (κ2) is 5.10. The standard InChI is InChI=1S/C9H13BrO2S/c1-3-12-6(2)9(11)7-4-13-5-8(7)10/h4-6,9,11H,3H2,1-2H3. The molecular formula is C9H13BrO2S. The Hall–Kier alpha value is 0.100. The lowest BCUT2D eigenvalue weighted by Crippen LogP contribution is -2.18. The molecule has 0 saturated carbocycles. The normalized spacial score (nSPS) is 15.7. The van der Waals surface area contributed by atoms with Gasteiger partial charge >= 0.3 is 0 Å². The largest absolute Gasteiger partial charge is 0.386 e. The number of ether oxygens (including phenoxy) is 1. The van der Waals surface area contributed by atoms with E-state index in [1.165, 1.54) is 0 Å². The minimum atomic E-state index is -0.541. The van der Waals surface area contributed by atoms with E-state index in [-0.39, 0.29) is 6.10 Å². The fourth-order valence-corrected chi connectivity index (χ4v) is 2.67. The monoisotopic (exact) mass is 264 g/mol. The van der Waals surface area contributed by atoms with Gasteiger partial charge in [0.2, 0.25) is 0 Å². The number of thiophene rings is 1. The molecule has 1 N–H and O–H groups in total. The Kier molecular flexibility index (Phi) is 4.38. The molecule has 13 heavy (non-hydrogen) atoms. The Labute approximate surface area is 90.7 Å². The molecule has 0 radical (unpaired) electrons. The minimum absolute atomic E-state index is 0.157. The molecular weight excluding hydrogens is 252 g/mol. The van der Waals surface area contributed by atoms with Crippen LogP contribution in [-0.4, -0.2) is 17.8 Å². The van der Waals surface area contributed by atoms with Crippen molar-refractivity contribution in [2.75, 3.05) is 6.61 Å². The SMILES string of the molecule is CCOC(C)C(O)c1cscc1Br. The maximum absolute atomic E-state index is 9.84. The summed E-state index contributed by atoms with van der Waals surface area (Å²) < 4.78 is 6.27. The highest BCUT2D eigenvalue weighted by atomic mass is 79.9. The van der Waals surface area contributed by atoms with Crippen LogP contribution in [0.1, 0.15) is 25.5 Å². The Bertz CT molecular complexity index is 262. The van der Waals surface area contributed by atoms with Gasteiger partial charge in [-0.3, -0.25) is 0 Å².